The van der Waals surface area contributed by atoms with Gasteiger partial charge in [-0.1, -0.05) is 0 Å². The van der Waals surface area contributed by atoms with Gasteiger partial charge in [-0.15, -0.1) is 0 Å². The van der Waals surface area contributed by atoms with Gasteiger partial charge in [-0.25, -0.2) is 0 Å². The Labute approximate surface area is 74.6 Å². The Morgan fingerprint density at radius 1 is 1.42 bits per heavy atom. The molecule has 0 unspecified atom stereocenters. The molecular weight excluding hydrogens is 150 g/mol. The van der Waals surface area contributed by atoms with Crippen molar-refractivity contribution in [2.24, 2.45) is 0 Å². The second-order valence-electron chi connectivity index (χ2n) is 4.04. The Morgan fingerprint density at radius 2 is 1.92 bits per heavy atom. The second-order valence-corrected chi connectivity index (χ2v) is 4.04. The maximum atomic E-state index is 8.99. The summed E-state index contributed by atoms with van der Waals surface area (Å²) in [6.07, 6.45) is 0. The molecule has 1 aliphatic rings. The molecule has 1 saturated heterocycles. The Kier molecular flexibility index (Phi) is 2.41. The van der Waals surface area contributed by atoms with Crippen molar-refractivity contribution in [1.82, 2.24) is 9.80 Å². The molecule has 0 spiro atoms. The lowest BCUT2D eigenvalue weighted by molar-refractivity contribution is -0.00841. The molecule has 3 heteroatoms. The highest BCUT2D eigenvalue weighted by Crippen LogP contribution is 2.26. The highest BCUT2D eigenvalue weighted by Gasteiger charge is 2.45. The summed E-state index contributed by atoms with van der Waals surface area (Å²) in [6.45, 7) is 6.09. The van der Waals surface area contributed by atoms with E-state index in [1.54, 1.807) is 0 Å². The molecule has 0 radical (unpaired) electrons. The lowest BCUT2D eigenvalue weighted by Crippen LogP contribution is -2.69. The molecule has 0 aromatic heterocycles. The summed E-state index contributed by atoms with van der Waals surface area (Å²) in [4.78, 5) is 4.33. The summed E-state index contributed by atoms with van der Waals surface area (Å²) in [7, 11) is 3.95. The zero-order chi connectivity index (χ0) is 9.35. The molecule has 68 valence electrons. The van der Waals surface area contributed by atoms with Crippen LogP contribution < -0.4 is 0 Å². The molecule has 1 heterocycles. The van der Waals surface area contributed by atoms with Gasteiger partial charge in [0.1, 0.15) is 5.54 Å². The molecule has 1 rings (SSSR count). The van der Waals surface area contributed by atoms with Gasteiger partial charge in [-0.2, -0.15) is 5.26 Å². The van der Waals surface area contributed by atoms with Crippen molar-refractivity contribution < 1.29 is 0 Å². The number of nitriles is 1. The average molecular weight is 167 g/mol. The molecule has 3 nitrogen and oxygen atoms in total. The van der Waals surface area contributed by atoms with Crippen LogP contribution in [0.5, 0.6) is 0 Å². The topological polar surface area (TPSA) is 30.3 Å². The van der Waals surface area contributed by atoms with Crippen molar-refractivity contribution in [3.8, 4) is 6.07 Å². The predicted molar refractivity (Wildman–Crippen MR) is 48.7 cm³/mol. The van der Waals surface area contributed by atoms with E-state index < -0.39 is 0 Å². The third-order valence-electron chi connectivity index (χ3n) is 2.72. The Balaban J connectivity index is 2.54. The third-order valence-corrected chi connectivity index (χ3v) is 2.72. The van der Waals surface area contributed by atoms with Crippen molar-refractivity contribution in [2.45, 2.75) is 25.4 Å². The van der Waals surface area contributed by atoms with Crippen LogP contribution in [0.3, 0.4) is 0 Å². The molecule has 0 saturated carbocycles. The van der Waals surface area contributed by atoms with Crippen molar-refractivity contribution in [1.29, 1.82) is 5.26 Å². The molecule has 1 fully saturated rings. The number of hydrogen-bond donors (Lipinski definition) is 0. The van der Waals surface area contributed by atoms with Crippen LogP contribution in [-0.4, -0.2) is 48.6 Å². The van der Waals surface area contributed by atoms with Crippen LogP contribution in [0.1, 0.15) is 13.8 Å². The lowest BCUT2D eigenvalue weighted by atomic mass is 9.89. The minimum Gasteiger partial charge on any atom is -0.295 e. The highest BCUT2D eigenvalue weighted by atomic mass is 15.3. The van der Waals surface area contributed by atoms with E-state index >= 15 is 0 Å². The van der Waals surface area contributed by atoms with E-state index in [-0.39, 0.29) is 5.54 Å². The fourth-order valence-corrected chi connectivity index (χ4v) is 1.44. The lowest BCUT2D eigenvalue weighted by Gasteiger charge is -2.51. The van der Waals surface area contributed by atoms with E-state index in [9.17, 15) is 0 Å². The molecule has 0 aromatic rings. The SMILES string of the molecule is CC(C)N1CC(C#N)(N(C)C)C1. The Morgan fingerprint density at radius 3 is 2.17 bits per heavy atom. The zero-order valence-electron chi connectivity index (χ0n) is 8.33. The molecule has 12 heavy (non-hydrogen) atoms. The van der Waals surface area contributed by atoms with Crippen molar-refractivity contribution in [3.63, 3.8) is 0 Å². The summed E-state index contributed by atoms with van der Waals surface area (Å²) in [5.74, 6) is 0. The highest BCUT2D eigenvalue weighted by molar-refractivity contribution is 5.17. The van der Waals surface area contributed by atoms with Crippen LogP contribution in [0.25, 0.3) is 0 Å². The van der Waals surface area contributed by atoms with Gasteiger partial charge in [0.15, 0.2) is 0 Å². The number of likely N-dealkylation sites (N-methyl/N-ethyl adjacent to an activating group) is 1. The van der Waals surface area contributed by atoms with Gasteiger partial charge in [0.05, 0.1) is 6.07 Å². The fourth-order valence-electron chi connectivity index (χ4n) is 1.44. The van der Waals surface area contributed by atoms with Crippen molar-refractivity contribution in [3.05, 3.63) is 0 Å². The monoisotopic (exact) mass is 167 g/mol. The summed E-state index contributed by atoms with van der Waals surface area (Å²) in [5.41, 5.74) is -0.218. The standard InChI is InChI=1S/C9H17N3/c1-8(2)12-6-9(5-10,7-12)11(3)4/h8H,6-7H2,1-4H3. The fraction of sp³-hybridized carbons (Fsp3) is 0.889. The zero-order valence-corrected chi connectivity index (χ0v) is 8.33. The van der Waals surface area contributed by atoms with Crippen molar-refractivity contribution in [2.75, 3.05) is 27.2 Å². The normalized spacial score (nSPS) is 22.4. The first-order valence-corrected chi connectivity index (χ1v) is 4.34. The van der Waals surface area contributed by atoms with E-state index in [2.05, 4.69) is 24.8 Å². The maximum Gasteiger partial charge on any atom is 0.134 e. The number of hydrogen-bond acceptors (Lipinski definition) is 3. The smallest absolute Gasteiger partial charge is 0.134 e. The minimum atomic E-state index is -0.218. The van der Waals surface area contributed by atoms with Gasteiger partial charge >= 0.3 is 0 Å². The number of nitrogens with zero attached hydrogens (tertiary/aromatic N) is 3. The molecular formula is C9H17N3. The van der Waals surface area contributed by atoms with Crippen LogP contribution in [0, 0.1) is 11.3 Å². The molecule has 0 bridgehead atoms. The van der Waals surface area contributed by atoms with Gasteiger partial charge in [0, 0.05) is 19.1 Å². The number of rotatable bonds is 2. The van der Waals surface area contributed by atoms with E-state index in [1.807, 2.05) is 19.0 Å². The molecule has 0 amide bonds. The van der Waals surface area contributed by atoms with Gasteiger partial charge < -0.3 is 0 Å². The first kappa shape index (κ1) is 9.50. The first-order valence-electron chi connectivity index (χ1n) is 4.34. The van der Waals surface area contributed by atoms with Crippen LogP contribution in [0.4, 0.5) is 0 Å². The van der Waals surface area contributed by atoms with Crippen LogP contribution in [-0.2, 0) is 0 Å². The van der Waals surface area contributed by atoms with E-state index in [4.69, 9.17) is 5.26 Å². The average Bonchev–Trinajstić information content (AvgIpc) is 1.84. The molecule has 0 aliphatic carbocycles. The molecule has 1 aliphatic heterocycles. The van der Waals surface area contributed by atoms with Gasteiger partial charge in [-0.3, -0.25) is 9.80 Å². The summed E-state index contributed by atoms with van der Waals surface area (Å²) in [6, 6.07) is 2.94. The van der Waals surface area contributed by atoms with E-state index in [0.29, 0.717) is 6.04 Å². The third kappa shape index (κ3) is 1.33. The molecule has 0 atom stereocenters. The summed E-state index contributed by atoms with van der Waals surface area (Å²) >= 11 is 0. The number of likely N-dealkylation sites (tertiary alicyclic amines) is 1. The quantitative estimate of drug-likeness (QED) is 0.601. The first-order chi connectivity index (χ1) is 5.52. The van der Waals surface area contributed by atoms with E-state index in [0.717, 1.165) is 13.1 Å². The Bertz CT molecular complexity index is 196. The predicted octanol–water partition coefficient (Wildman–Crippen LogP) is 0.534. The van der Waals surface area contributed by atoms with Gasteiger partial charge in [-0.05, 0) is 27.9 Å². The largest absolute Gasteiger partial charge is 0.295 e. The van der Waals surface area contributed by atoms with Crippen molar-refractivity contribution >= 4 is 0 Å². The summed E-state index contributed by atoms with van der Waals surface area (Å²) < 4.78 is 0. The van der Waals surface area contributed by atoms with Crippen LogP contribution in [0.15, 0.2) is 0 Å². The molecule has 0 aromatic carbocycles. The van der Waals surface area contributed by atoms with Gasteiger partial charge in [0.2, 0.25) is 0 Å². The summed E-state index contributed by atoms with van der Waals surface area (Å²) in [5, 5.41) is 8.99. The molecule has 0 N–H and O–H groups in total. The van der Waals surface area contributed by atoms with Crippen LogP contribution in [0.2, 0.25) is 0 Å². The Hall–Kier alpha value is -0.590. The van der Waals surface area contributed by atoms with Gasteiger partial charge in [0.25, 0.3) is 0 Å². The minimum absolute atomic E-state index is 0.218. The van der Waals surface area contributed by atoms with Crippen LogP contribution >= 0.6 is 0 Å². The van der Waals surface area contributed by atoms with E-state index in [1.165, 1.54) is 0 Å². The maximum absolute atomic E-state index is 8.99. The second kappa shape index (κ2) is 3.04.